The van der Waals surface area contributed by atoms with E-state index in [0.717, 1.165) is 35.8 Å². The minimum absolute atomic E-state index is 0.150. The number of hydrogen-bond acceptors (Lipinski definition) is 2. The topological polar surface area (TPSA) is 32.6 Å². The molecular weight excluding hydrogens is 278 g/mol. The van der Waals surface area contributed by atoms with Crippen LogP contribution in [-0.2, 0) is 0 Å². The largest absolute Gasteiger partial charge is 0.393 e. The molecule has 2 nitrogen and oxygen atoms in total. The number of rotatable bonds is 3. The van der Waals surface area contributed by atoms with E-state index in [9.17, 15) is 5.11 Å². The SMILES string of the molecule is O[C@H]1CCCC[C@@H]1CN=Cc1cccc(Br)c1. The lowest BCUT2D eigenvalue weighted by atomic mass is 9.87. The monoisotopic (exact) mass is 295 g/mol. The lowest BCUT2D eigenvalue weighted by molar-refractivity contribution is 0.0746. The first-order valence-electron chi connectivity index (χ1n) is 6.19. The van der Waals surface area contributed by atoms with Crippen LogP contribution in [0.3, 0.4) is 0 Å². The van der Waals surface area contributed by atoms with Crippen LogP contribution in [0.5, 0.6) is 0 Å². The molecule has 1 aromatic rings. The molecule has 1 aromatic carbocycles. The summed E-state index contributed by atoms with van der Waals surface area (Å²) < 4.78 is 1.07. The maximum atomic E-state index is 9.83. The number of aliphatic imine (C=N–C) groups is 1. The van der Waals surface area contributed by atoms with Crippen LogP contribution in [0.1, 0.15) is 31.2 Å². The Balaban J connectivity index is 1.88. The summed E-state index contributed by atoms with van der Waals surface area (Å²) >= 11 is 3.44. The van der Waals surface area contributed by atoms with Gasteiger partial charge in [-0.05, 0) is 30.5 Å². The van der Waals surface area contributed by atoms with Crippen molar-refractivity contribution in [2.45, 2.75) is 31.8 Å². The number of aliphatic hydroxyl groups is 1. The summed E-state index contributed by atoms with van der Waals surface area (Å²) in [6.07, 6.45) is 6.18. The molecule has 0 amide bonds. The molecule has 0 spiro atoms. The van der Waals surface area contributed by atoms with E-state index in [1.54, 1.807) is 0 Å². The molecule has 1 saturated carbocycles. The van der Waals surface area contributed by atoms with E-state index in [2.05, 4.69) is 20.9 Å². The first-order chi connectivity index (χ1) is 8.25. The van der Waals surface area contributed by atoms with Crippen LogP contribution in [0.2, 0.25) is 0 Å². The summed E-state index contributed by atoms with van der Waals surface area (Å²) in [5, 5.41) is 9.83. The van der Waals surface area contributed by atoms with E-state index < -0.39 is 0 Å². The fourth-order valence-corrected chi connectivity index (χ4v) is 2.70. The molecule has 0 aromatic heterocycles. The highest BCUT2D eigenvalue weighted by Crippen LogP contribution is 2.24. The predicted octanol–water partition coefficient (Wildman–Crippen LogP) is 3.42. The summed E-state index contributed by atoms with van der Waals surface area (Å²) in [4.78, 5) is 4.45. The minimum atomic E-state index is -0.150. The van der Waals surface area contributed by atoms with Crippen molar-refractivity contribution in [1.82, 2.24) is 0 Å². The van der Waals surface area contributed by atoms with Crippen molar-refractivity contribution in [2.24, 2.45) is 10.9 Å². The number of benzene rings is 1. The summed E-state index contributed by atoms with van der Waals surface area (Å²) in [6, 6.07) is 8.08. The molecule has 0 heterocycles. The van der Waals surface area contributed by atoms with Crippen molar-refractivity contribution in [3.63, 3.8) is 0 Å². The molecule has 0 unspecified atom stereocenters. The van der Waals surface area contributed by atoms with Gasteiger partial charge in [-0.25, -0.2) is 0 Å². The van der Waals surface area contributed by atoms with Crippen molar-refractivity contribution in [3.8, 4) is 0 Å². The van der Waals surface area contributed by atoms with Gasteiger partial charge >= 0.3 is 0 Å². The van der Waals surface area contributed by atoms with Gasteiger partial charge in [-0.3, -0.25) is 4.99 Å². The third kappa shape index (κ3) is 3.93. The molecule has 0 aliphatic heterocycles. The van der Waals surface area contributed by atoms with Gasteiger partial charge in [-0.1, -0.05) is 40.9 Å². The van der Waals surface area contributed by atoms with E-state index in [-0.39, 0.29) is 6.10 Å². The van der Waals surface area contributed by atoms with Gasteiger partial charge in [0.1, 0.15) is 0 Å². The third-order valence-electron chi connectivity index (χ3n) is 3.30. The zero-order valence-electron chi connectivity index (χ0n) is 9.85. The molecule has 17 heavy (non-hydrogen) atoms. The van der Waals surface area contributed by atoms with E-state index in [0.29, 0.717) is 5.92 Å². The third-order valence-corrected chi connectivity index (χ3v) is 3.79. The minimum Gasteiger partial charge on any atom is -0.393 e. The van der Waals surface area contributed by atoms with Crippen LogP contribution in [0.25, 0.3) is 0 Å². The molecule has 3 heteroatoms. The molecular formula is C14H18BrNO. The van der Waals surface area contributed by atoms with Gasteiger partial charge in [-0.15, -0.1) is 0 Å². The summed E-state index contributed by atoms with van der Waals surface area (Å²) in [6.45, 7) is 0.744. The van der Waals surface area contributed by atoms with E-state index in [1.165, 1.54) is 6.42 Å². The fraction of sp³-hybridized carbons (Fsp3) is 0.500. The van der Waals surface area contributed by atoms with Crippen LogP contribution in [0.4, 0.5) is 0 Å². The summed E-state index contributed by atoms with van der Waals surface area (Å²) in [7, 11) is 0. The van der Waals surface area contributed by atoms with Crippen LogP contribution >= 0.6 is 15.9 Å². The van der Waals surface area contributed by atoms with Crippen molar-refractivity contribution in [2.75, 3.05) is 6.54 Å². The van der Waals surface area contributed by atoms with Gasteiger partial charge in [0.2, 0.25) is 0 Å². The van der Waals surface area contributed by atoms with Crippen molar-refractivity contribution < 1.29 is 5.11 Å². The normalized spacial score (nSPS) is 25.3. The summed E-state index contributed by atoms with van der Waals surface area (Å²) in [5.74, 6) is 0.354. The first-order valence-corrected chi connectivity index (χ1v) is 6.98. The lowest BCUT2D eigenvalue weighted by Gasteiger charge is -2.25. The Morgan fingerprint density at radius 3 is 2.94 bits per heavy atom. The molecule has 1 fully saturated rings. The lowest BCUT2D eigenvalue weighted by Crippen LogP contribution is -2.26. The van der Waals surface area contributed by atoms with Crippen LogP contribution < -0.4 is 0 Å². The molecule has 0 bridgehead atoms. The van der Waals surface area contributed by atoms with Gasteiger partial charge in [0, 0.05) is 23.1 Å². The van der Waals surface area contributed by atoms with Crippen LogP contribution in [0.15, 0.2) is 33.7 Å². The smallest absolute Gasteiger partial charge is 0.0586 e. The van der Waals surface area contributed by atoms with Crippen molar-refractivity contribution in [3.05, 3.63) is 34.3 Å². The second-order valence-electron chi connectivity index (χ2n) is 4.66. The molecule has 92 valence electrons. The van der Waals surface area contributed by atoms with Crippen LogP contribution in [0, 0.1) is 5.92 Å². The van der Waals surface area contributed by atoms with E-state index in [1.807, 2.05) is 30.5 Å². The molecule has 2 rings (SSSR count). The van der Waals surface area contributed by atoms with E-state index >= 15 is 0 Å². The number of halogens is 1. The Morgan fingerprint density at radius 2 is 2.18 bits per heavy atom. The average molecular weight is 296 g/mol. The second kappa shape index (κ2) is 6.31. The molecule has 0 saturated heterocycles. The Kier molecular flexibility index (Phi) is 4.75. The fourth-order valence-electron chi connectivity index (χ4n) is 2.28. The van der Waals surface area contributed by atoms with Crippen molar-refractivity contribution >= 4 is 22.1 Å². The number of hydrogen-bond donors (Lipinski definition) is 1. The van der Waals surface area contributed by atoms with Gasteiger partial charge < -0.3 is 5.11 Å². The zero-order valence-corrected chi connectivity index (χ0v) is 11.4. The predicted molar refractivity (Wildman–Crippen MR) is 74.6 cm³/mol. The Labute approximate surface area is 111 Å². The molecule has 2 atom stereocenters. The number of aliphatic hydroxyl groups excluding tert-OH is 1. The maximum Gasteiger partial charge on any atom is 0.0586 e. The number of nitrogens with zero attached hydrogens (tertiary/aromatic N) is 1. The Hall–Kier alpha value is -0.670. The highest BCUT2D eigenvalue weighted by molar-refractivity contribution is 9.10. The second-order valence-corrected chi connectivity index (χ2v) is 5.58. The average Bonchev–Trinajstić information content (AvgIpc) is 2.32. The Morgan fingerprint density at radius 1 is 1.35 bits per heavy atom. The summed E-state index contributed by atoms with van der Waals surface area (Å²) in [5.41, 5.74) is 1.10. The van der Waals surface area contributed by atoms with Gasteiger partial charge in [0.05, 0.1) is 6.10 Å². The standard InChI is InChI=1S/C14H18BrNO/c15-13-6-3-4-11(8-13)9-16-10-12-5-1-2-7-14(12)17/h3-4,6,8-9,12,14,17H,1-2,5,7,10H2/t12-,14+/m1/s1. The van der Waals surface area contributed by atoms with E-state index in [4.69, 9.17) is 0 Å². The van der Waals surface area contributed by atoms with Gasteiger partial charge in [-0.2, -0.15) is 0 Å². The molecule has 1 aliphatic rings. The highest BCUT2D eigenvalue weighted by Gasteiger charge is 2.21. The van der Waals surface area contributed by atoms with Gasteiger partial charge in [0.25, 0.3) is 0 Å². The first kappa shape index (κ1) is 12.8. The molecule has 1 N–H and O–H groups in total. The van der Waals surface area contributed by atoms with Crippen LogP contribution in [-0.4, -0.2) is 24.0 Å². The quantitative estimate of drug-likeness (QED) is 0.852. The molecule has 0 radical (unpaired) electrons. The van der Waals surface area contributed by atoms with Gasteiger partial charge in [0.15, 0.2) is 0 Å². The highest BCUT2D eigenvalue weighted by atomic mass is 79.9. The zero-order chi connectivity index (χ0) is 12.1. The Bertz CT molecular complexity index is 392. The molecule has 1 aliphatic carbocycles. The van der Waals surface area contributed by atoms with Crippen molar-refractivity contribution in [1.29, 1.82) is 0 Å². The maximum absolute atomic E-state index is 9.83.